The number of hydrogen-bond donors (Lipinski definition) is 1. The lowest BCUT2D eigenvalue weighted by molar-refractivity contribution is -0.154. The Kier molecular flexibility index (Phi) is 3.21. The average Bonchev–Trinajstić information content (AvgIpc) is 2.64. The van der Waals surface area contributed by atoms with Gasteiger partial charge in [-0.1, -0.05) is 25.4 Å². The van der Waals surface area contributed by atoms with E-state index >= 15 is 0 Å². The van der Waals surface area contributed by atoms with Crippen molar-refractivity contribution in [2.24, 2.45) is 27.9 Å². The number of thiophene rings is 1. The first kappa shape index (κ1) is 15.0. The van der Waals surface area contributed by atoms with E-state index in [2.05, 4.69) is 35.8 Å². The molecular weight excluding hydrogens is 366 g/mol. The van der Waals surface area contributed by atoms with Gasteiger partial charge in [0.25, 0.3) is 0 Å². The number of rotatable bonds is 2. The van der Waals surface area contributed by atoms with Crippen molar-refractivity contribution >= 4 is 38.9 Å². The van der Waals surface area contributed by atoms with Crippen molar-refractivity contribution in [2.75, 3.05) is 0 Å². The van der Waals surface area contributed by atoms with Gasteiger partial charge in [0.05, 0.1) is 8.81 Å². The molecule has 0 aliphatic heterocycles. The van der Waals surface area contributed by atoms with E-state index in [4.69, 9.17) is 17.3 Å². The highest BCUT2D eigenvalue weighted by molar-refractivity contribution is 9.11. The fourth-order valence-electron chi connectivity index (χ4n) is 6.70. The van der Waals surface area contributed by atoms with Gasteiger partial charge in [-0.15, -0.1) is 11.3 Å². The normalized spacial score (nSPS) is 46.0. The topological polar surface area (TPSA) is 26.0 Å². The minimum absolute atomic E-state index is 0.147. The number of halogens is 2. The van der Waals surface area contributed by atoms with Gasteiger partial charge in [-0.25, -0.2) is 0 Å². The molecule has 0 radical (unpaired) electrons. The van der Waals surface area contributed by atoms with Gasteiger partial charge in [-0.2, -0.15) is 0 Å². The molecule has 0 spiro atoms. The summed E-state index contributed by atoms with van der Waals surface area (Å²) < 4.78 is 1.02. The minimum Gasteiger partial charge on any atom is -0.323 e. The molecule has 1 aromatic rings. The zero-order valence-corrected chi connectivity index (χ0v) is 15.9. The molecule has 1 nitrogen and oxygen atoms in total. The standard InChI is InChI=1S/C17H23BrClNS/c1-15-4-10-5-16(2,7-15)9-17(6-10,8-15)13(20)12-3-11(19)14(18)21-12/h3,10,13H,4-9,20H2,1-2H3. The van der Waals surface area contributed by atoms with Crippen LogP contribution in [0.3, 0.4) is 0 Å². The summed E-state index contributed by atoms with van der Waals surface area (Å²) in [6, 6.07) is 2.23. The SMILES string of the molecule is CC12CC3CC(C)(C1)CC(C(N)c1cc(Cl)c(Br)s1)(C3)C2. The highest BCUT2D eigenvalue weighted by Gasteiger charge is 2.61. The molecule has 4 fully saturated rings. The van der Waals surface area contributed by atoms with Gasteiger partial charge >= 0.3 is 0 Å². The molecule has 4 bridgehead atoms. The molecule has 4 heteroatoms. The third-order valence-corrected chi connectivity index (χ3v) is 8.86. The maximum atomic E-state index is 6.83. The maximum Gasteiger partial charge on any atom is 0.0887 e. The fraction of sp³-hybridized carbons (Fsp3) is 0.765. The van der Waals surface area contributed by atoms with Crippen molar-refractivity contribution in [1.82, 2.24) is 0 Å². The van der Waals surface area contributed by atoms with Gasteiger partial charge in [0.15, 0.2) is 0 Å². The predicted molar refractivity (Wildman–Crippen MR) is 93.8 cm³/mol. The van der Waals surface area contributed by atoms with Crippen molar-refractivity contribution in [3.63, 3.8) is 0 Å². The molecule has 0 amide bonds. The molecule has 3 unspecified atom stereocenters. The zero-order chi connectivity index (χ0) is 15.0. The van der Waals surface area contributed by atoms with E-state index < -0.39 is 0 Å². The van der Waals surface area contributed by atoms with Crippen LogP contribution in [0.25, 0.3) is 0 Å². The van der Waals surface area contributed by atoms with Gasteiger partial charge in [0.1, 0.15) is 0 Å². The smallest absolute Gasteiger partial charge is 0.0887 e. The van der Waals surface area contributed by atoms with Crippen molar-refractivity contribution in [3.05, 3.63) is 19.8 Å². The summed E-state index contributed by atoms with van der Waals surface area (Å²) in [5.41, 5.74) is 8.16. The maximum absolute atomic E-state index is 6.83. The highest BCUT2D eigenvalue weighted by atomic mass is 79.9. The van der Waals surface area contributed by atoms with Crippen molar-refractivity contribution < 1.29 is 0 Å². The van der Waals surface area contributed by atoms with Crippen LogP contribution in [-0.4, -0.2) is 0 Å². The van der Waals surface area contributed by atoms with E-state index in [1.54, 1.807) is 11.3 Å². The highest BCUT2D eigenvalue weighted by Crippen LogP contribution is 2.72. The van der Waals surface area contributed by atoms with Gasteiger partial charge in [-0.3, -0.25) is 0 Å². The summed E-state index contributed by atoms with van der Waals surface area (Å²) >= 11 is 11.5. The zero-order valence-electron chi connectivity index (χ0n) is 12.7. The van der Waals surface area contributed by atoms with Crippen LogP contribution < -0.4 is 5.73 Å². The Morgan fingerprint density at radius 2 is 1.86 bits per heavy atom. The Hall–Kier alpha value is 0.430. The van der Waals surface area contributed by atoms with Gasteiger partial charge in [0, 0.05) is 10.9 Å². The first-order chi connectivity index (χ1) is 9.73. The van der Waals surface area contributed by atoms with Crippen molar-refractivity contribution in [2.45, 2.75) is 58.4 Å². The molecule has 4 aliphatic rings. The second-order valence-electron chi connectivity index (χ2n) is 8.74. The van der Waals surface area contributed by atoms with E-state index in [1.165, 1.54) is 43.4 Å². The first-order valence-electron chi connectivity index (χ1n) is 7.93. The first-order valence-corrected chi connectivity index (χ1v) is 9.92. The number of nitrogens with two attached hydrogens (primary N) is 1. The lowest BCUT2D eigenvalue weighted by Crippen LogP contribution is -2.57. The van der Waals surface area contributed by atoms with E-state index in [1.807, 2.05) is 0 Å². The molecule has 116 valence electrons. The number of hydrogen-bond acceptors (Lipinski definition) is 2. The Morgan fingerprint density at radius 1 is 1.24 bits per heavy atom. The lowest BCUT2D eigenvalue weighted by Gasteiger charge is -2.66. The largest absolute Gasteiger partial charge is 0.323 e. The van der Waals surface area contributed by atoms with Crippen molar-refractivity contribution in [3.8, 4) is 0 Å². The summed E-state index contributed by atoms with van der Waals surface area (Å²) in [5, 5.41) is 0.813. The van der Waals surface area contributed by atoms with Crippen LogP contribution in [0.15, 0.2) is 9.85 Å². The van der Waals surface area contributed by atoms with Crippen LogP contribution >= 0.6 is 38.9 Å². The Balaban J connectivity index is 1.73. The Labute approximate surface area is 144 Å². The second-order valence-corrected chi connectivity index (χ2v) is 11.5. The summed E-state index contributed by atoms with van der Waals surface area (Å²) in [6.45, 7) is 5.02. The summed E-state index contributed by atoms with van der Waals surface area (Å²) in [4.78, 5) is 1.26. The van der Waals surface area contributed by atoms with Crippen LogP contribution in [0.4, 0.5) is 0 Å². The molecule has 1 aromatic heterocycles. The van der Waals surface area contributed by atoms with Crippen LogP contribution in [0.5, 0.6) is 0 Å². The van der Waals surface area contributed by atoms with E-state index in [0.717, 1.165) is 14.7 Å². The van der Waals surface area contributed by atoms with Gasteiger partial charge in [0.2, 0.25) is 0 Å². The molecule has 1 heterocycles. The van der Waals surface area contributed by atoms with Gasteiger partial charge in [-0.05, 0) is 82.7 Å². The molecule has 0 saturated heterocycles. The molecule has 2 N–H and O–H groups in total. The van der Waals surface area contributed by atoms with Crippen LogP contribution in [-0.2, 0) is 0 Å². The Bertz CT molecular complexity index is 560. The third kappa shape index (κ3) is 2.26. The Morgan fingerprint density at radius 3 is 2.33 bits per heavy atom. The molecule has 4 aliphatic carbocycles. The summed E-state index contributed by atoms with van der Waals surface area (Å²) in [7, 11) is 0. The third-order valence-electron chi connectivity index (χ3n) is 6.30. The minimum atomic E-state index is 0.147. The second kappa shape index (κ2) is 4.49. The summed E-state index contributed by atoms with van der Waals surface area (Å²) in [5.74, 6) is 0.890. The van der Waals surface area contributed by atoms with Crippen LogP contribution in [0.2, 0.25) is 5.02 Å². The monoisotopic (exact) mass is 387 g/mol. The fourth-order valence-corrected chi connectivity index (χ4v) is 8.59. The van der Waals surface area contributed by atoms with Crippen LogP contribution in [0, 0.1) is 22.2 Å². The average molecular weight is 389 g/mol. The van der Waals surface area contributed by atoms with Gasteiger partial charge < -0.3 is 5.73 Å². The molecule has 21 heavy (non-hydrogen) atoms. The predicted octanol–water partition coefficient (Wildman–Crippen LogP) is 6.16. The van der Waals surface area contributed by atoms with Crippen molar-refractivity contribution in [1.29, 1.82) is 0 Å². The molecule has 3 atom stereocenters. The van der Waals surface area contributed by atoms with Crippen LogP contribution in [0.1, 0.15) is 63.3 Å². The quantitative estimate of drug-likeness (QED) is 0.645. The lowest BCUT2D eigenvalue weighted by atomic mass is 9.39. The van der Waals surface area contributed by atoms with E-state index in [-0.39, 0.29) is 6.04 Å². The van der Waals surface area contributed by atoms with E-state index in [9.17, 15) is 0 Å². The van der Waals surface area contributed by atoms with E-state index in [0.29, 0.717) is 16.2 Å². The summed E-state index contributed by atoms with van der Waals surface area (Å²) in [6.07, 6.45) is 8.19. The molecular formula is C17H23BrClNS. The molecule has 5 rings (SSSR count). The molecule has 0 aromatic carbocycles. The molecule has 4 saturated carbocycles.